The Bertz CT molecular complexity index is 636. The number of ether oxygens (including phenoxy) is 2. The van der Waals surface area contributed by atoms with E-state index in [0.29, 0.717) is 17.1 Å². The van der Waals surface area contributed by atoms with Crippen LogP contribution in [-0.2, 0) is 0 Å². The molecule has 0 saturated carbocycles. The second-order valence-electron chi connectivity index (χ2n) is 3.58. The molecule has 1 aromatic heterocycles. The van der Waals surface area contributed by atoms with E-state index in [1.54, 1.807) is 18.2 Å². The van der Waals surface area contributed by atoms with Gasteiger partial charge < -0.3 is 19.7 Å². The molecule has 0 aliphatic carbocycles. The number of hydrogen-bond donors (Lipinski definition) is 2. The number of hydrogen-bond acceptors (Lipinski definition) is 6. The van der Waals surface area contributed by atoms with Crippen molar-refractivity contribution in [1.82, 2.24) is 4.37 Å². The first-order valence-electron chi connectivity index (χ1n) is 4.99. The molecule has 0 atom stereocenters. The molecule has 0 spiro atoms. The number of aromatic nitrogens is 1. The Morgan fingerprint density at radius 1 is 1.33 bits per heavy atom. The predicted octanol–water partition coefficient (Wildman–Crippen LogP) is 1.94. The molecule has 0 bridgehead atoms. The summed E-state index contributed by atoms with van der Waals surface area (Å²) in [4.78, 5) is 10.6. The van der Waals surface area contributed by atoms with Crippen LogP contribution < -0.4 is 9.47 Å². The molecule has 1 aliphatic rings. The minimum absolute atomic E-state index is 0.155. The Labute approximate surface area is 105 Å². The molecule has 1 aliphatic heterocycles. The van der Waals surface area contributed by atoms with Gasteiger partial charge in [-0.3, -0.25) is 0 Å². The number of nitrogens with zero attached hydrogens (tertiary/aromatic N) is 1. The molecule has 2 heterocycles. The van der Waals surface area contributed by atoms with Gasteiger partial charge in [-0.05, 0) is 29.7 Å². The lowest BCUT2D eigenvalue weighted by atomic mass is 10.1. The summed E-state index contributed by atoms with van der Waals surface area (Å²) < 4.78 is 14.3. The van der Waals surface area contributed by atoms with Gasteiger partial charge in [-0.15, -0.1) is 0 Å². The first-order valence-corrected chi connectivity index (χ1v) is 5.76. The van der Waals surface area contributed by atoms with E-state index in [2.05, 4.69) is 4.37 Å². The number of carboxylic acid groups (broad SMARTS) is 1. The van der Waals surface area contributed by atoms with Crippen LogP contribution in [0.2, 0.25) is 0 Å². The van der Waals surface area contributed by atoms with Gasteiger partial charge in [0.1, 0.15) is 5.69 Å². The number of carbonyl (C=O) groups is 1. The average molecular weight is 265 g/mol. The Kier molecular flexibility index (Phi) is 2.34. The second kappa shape index (κ2) is 3.88. The molecule has 0 amide bonds. The molecule has 0 radical (unpaired) electrons. The maximum absolute atomic E-state index is 10.8. The van der Waals surface area contributed by atoms with E-state index in [1.807, 2.05) is 0 Å². The number of benzene rings is 1. The number of fused-ring (bicyclic) bond motifs is 1. The summed E-state index contributed by atoms with van der Waals surface area (Å²) in [6.45, 7) is 0.155. The fraction of sp³-hybridized carbons (Fsp3) is 0.0909. The fourth-order valence-electron chi connectivity index (χ4n) is 1.66. The van der Waals surface area contributed by atoms with E-state index in [9.17, 15) is 9.90 Å². The van der Waals surface area contributed by atoms with Gasteiger partial charge in [0.05, 0.1) is 0 Å². The van der Waals surface area contributed by atoms with E-state index in [1.165, 1.54) is 0 Å². The number of aromatic hydroxyl groups is 1. The van der Waals surface area contributed by atoms with Crippen LogP contribution in [0.4, 0.5) is 0 Å². The zero-order valence-corrected chi connectivity index (χ0v) is 9.73. The minimum atomic E-state index is -1.20. The van der Waals surface area contributed by atoms with Crippen molar-refractivity contribution in [2.24, 2.45) is 0 Å². The zero-order valence-electron chi connectivity index (χ0n) is 8.91. The quantitative estimate of drug-likeness (QED) is 0.862. The van der Waals surface area contributed by atoms with Crippen LogP contribution in [0.1, 0.15) is 9.67 Å². The van der Waals surface area contributed by atoms with E-state index in [0.717, 1.165) is 11.5 Å². The summed E-state index contributed by atoms with van der Waals surface area (Å²) in [5.74, 6) is -0.355. The highest BCUT2D eigenvalue weighted by atomic mass is 32.1. The third-order valence-corrected chi connectivity index (χ3v) is 3.33. The minimum Gasteiger partial charge on any atom is -0.504 e. The number of aromatic carboxylic acids is 1. The highest BCUT2D eigenvalue weighted by Crippen LogP contribution is 2.40. The molecular formula is C11H7NO5S. The van der Waals surface area contributed by atoms with Crippen molar-refractivity contribution >= 4 is 17.5 Å². The molecule has 0 unspecified atom stereocenters. The lowest BCUT2D eigenvalue weighted by Crippen LogP contribution is -1.92. The Morgan fingerprint density at radius 2 is 2.11 bits per heavy atom. The molecule has 92 valence electrons. The molecule has 18 heavy (non-hydrogen) atoms. The van der Waals surface area contributed by atoms with E-state index in [-0.39, 0.29) is 23.1 Å². The van der Waals surface area contributed by atoms with Gasteiger partial charge in [0.15, 0.2) is 22.1 Å². The summed E-state index contributed by atoms with van der Waals surface area (Å²) in [6.07, 6.45) is 0. The third-order valence-electron chi connectivity index (χ3n) is 2.51. The lowest BCUT2D eigenvalue weighted by molar-refractivity contribution is 0.0699. The fourth-order valence-corrected chi connectivity index (χ4v) is 2.29. The van der Waals surface area contributed by atoms with Crippen LogP contribution in [-0.4, -0.2) is 27.3 Å². The Balaban J connectivity index is 2.07. The summed E-state index contributed by atoms with van der Waals surface area (Å²) >= 11 is 0.741. The second-order valence-corrected chi connectivity index (χ2v) is 4.36. The maximum Gasteiger partial charge on any atom is 0.351 e. The molecule has 3 rings (SSSR count). The van der Waals surface area contributed by atoms with Crippen molar-refractivity contribution in [3.05, 3.63) is 23.1 Å². The largest absolute Gasteiger partial charge is 0.504 e. The monoisotopic (exact) mass is 265 g/mol. The van der Waals surface area contributed by atoms with Gasteiger partial charge >= 0.3 is 5.97 Å². The standard InChI is InChI=1S/C11H7NO5S/c13-9-8(12-18-10(9)11(14)15)5-1-2-6-7(3-5)17-4-16-6/h1-3,13H,4H2,(H,14,15). The smallest absolute Gasteiger partial charge is 0.351 e. The Morgan fingerprint density at radius 3 is 2.83 bits per heavy atom. The van der Waals surface area contributed by atoms with Gasteiger partial charge in [0, 0.05) is 5.56 Å². The highest BCUT2D eigenvalue weighted by Gasteiger charge is 2.21. The topological polar surface area (TPSA) is 88.9 Å². The molecule has 6 nitrogen and oxygen atoms in total. The first-order chi connectivity index (χ1) is 8.66. The summed E-state index contributed by atoms with van der Waals surface area (Å²) in [6, 6.07) is 5.04. The third kappa shape index (κ3) is 1.56. The average Bonchev–Trinajstić information content (AvgIpc) is 2.93. The van der Waals surface area contributed by atoms with E-state index < -0.39 is 5.97 Å². The summed E-state index contributed by atoms with van der Waals surface area (Å²) in [5.41, 5.74) is 0.816. The molecule has 7 heteroatoms. The van der Waals surface area contributed by atoms with Gasteiger partial charge in [0.2, 0.25) is 6.79 Å². The molecule has 2 N–H and O–H groups in total. The van der Waals surface area contributed by atoms with Gasteiger partial charge in [-0.25, -0.2) is 4.79 Å². The van der Waals surface area contributed by atoms with Gasteiger partial charge in [0.25, 0.3) is 0 Å². The molecule has 1 aromatic carbocycles. The van der Waals surface area contributed by atoms with Crippen LogP contribution in [0.25, 0.3) is 11.3 Å². The predicted molar refractivity (Wildman–Crippen MR) is 62.3 cm³/mol. The number of carboxylic acids is 1. The Hall–Kier alpha value is -2.28. The van der Waals surface area contributed by atoms with E-state index in [4.69, 9.17) is 14.6 Å². The summed E-state index contributed by atoms with van der Waals surface area (Å²) in [7, 11) is 0. The summed E-state index contributed by atoms with van der Waals surface area (Å²) in [5, 5.41) is 18.6. The van der Waals surface area contributed by atoms with Crippen molar-refractivity contribution in [3.8, 4) is 28.5 Å². The first kappa shape index (κ1) is 10.8. The maximum atomic E-state index is 10.8. The lowest BCUT2D eigenvalue weighted by Gasteiger charge is -2.00. The normalized spacial score (nSPS) is 12.7. The molecular weight excluding hydrogens is 258 g/mol. The van der Waals surface area contributed by atoms with Crippen LogP contribution >= 0.6 is 11.5 Å². The van der Waals surface area contributed by atoms with Crippen LogP contribution in [0.5, 0.6) is 17.2 Å². The highest BCUT2D eigenvalue weighted by molar-refractivity contribution is 7.08. The zero-order chi connectivity index (χ0) is 12.7. The van der Waals surface area contributed by atoms with Crippen molar-refractivity contribution in [2.45, 2.75) is 0 Å². The number of rotatable bonds is 2. The molecule has 0 fully saturated rings. The van der Waals surface area contributed by atoms with E-state index >= 15 is 0 Å². The molecule has 2 aromatic rings. The van der Waals surface area contributed by atoms with Crippen molar-refractivity contribution in [2.75, 3.05) is 6.79 Å². The van der Waals surface area contributed by atoms with Crippen LogP contribution in [0, 0.1) is 0 Å². The molecule has 0 saturated heterocycles. The van der Waals surface area contributed by atoms with Crippen LogP contribution in [0.3, 0.4) is 0 Å². The van der Waals surface area contributed by atoms with Gasteiger partial charge in [-0.2, -0.15) is 4.37 Å². The van der Waals surface area contributed by atoms with Crippen molar-refractivity contribution in [3.63, 3.8) is 0 Å². The van der Waals surface area contributed by atoms with Gasteiger partial charge in [-0.1, -0.05) is 0 Å². The van der Waals surface area contributed by atoms with Crippen molar-refractivity contribution in [1.29, 1.82) is 0 Å². The van der Waals surface area contributed by atoms with Crippen molar-refractivity contribution < 1.29 is 24.5 Å². The van der Waals surface area contributed by atoms with Crippen LogP contribution in [0.15, 0.2) is 18.2 Å². The SMILES string of the molecule is O=C(O)c1snc(-c2ccc3c(c2)OCO3)c1O.